The number of benzene rings is 1. The Balaban J connectivity index is 1.64. The number of halogens is 3. The van der Waals surface area contributed by atoms with Gasteiger partial charge in [0, 0.05) is 30.9 Å². The average Bonchev–Trinajstić information content (AvgIpc) is 2.95. The largest absolute Gasteiger partial charge is 0.417 e. The van der Waals surface area contributed by atoms with Gasteiger partial charge in [0.2, 0.25) is 0 Å². The van der Waals surface area contributed by atoms with Gasteiger partial charge in [0.15, 0.2) is 0 Å². The third-order valence-electron chi connectivity index (χ3n) is 3.78. The van der Waals surface area contributed by atoms with Gasteiger partial charge in [-0.05, 0) is 31.2 Å². The molecule has 0 unspecified atom stereocenters. The van der Waals surface area contributed by atoms with E-state index in [0.29, 0.717) is 29.9 Å². The van der Waals surface area contributed by atoms with Gasteiger partial charge in [0.1, 0.15) is 5.65 Å². The first kappa shape index (κ1) is 17.0. The highest BCUT2D eigenvalue weighted by atomic mass is 19.4. The number of hydrogen-bond acceptors (Lipinski definition) is 2. The van der Waals surface area contributed by atoms with E-state index in [-0.39, 0.29) is 5.91 Å². The highest BCUT2D eigenvalue weighted by Gasteiger charge is 2.30. The van der Waals surface area contributed by atoms with Crippen molar-refractivity contribution in [3.63, 3.8) is 0 Å². The predicted octanol–water partition coefficient (Wildman–Crippen LogP) is 3.63. The molecule has 2 aromatic heterocycles. The molecule has 0 aliphatic carbocycles. The van der Waals surface area contributed by atoms with Crippen LogP contribution >= 0.6 is 0 Å². The molecule has 0 aliphatic rings. The highest BCUT2D eigenvalue weighted by Crippen LogP contribution is 2.29. The summed E-state index contributed by atoms with van der Waals surface area (Å²) in [5, 5.41) is 2.79. The van der Waals surface area contributed by atoms with Gasteiger partial charge in [-0.25, -0.2) is 4.98 Å². The number of pyridine rings is 1. The molecule has 0 saturated heterocycles. The molecular formula is C18H16F3N3O. The van der Waals surface area contributed by atoms with Crippen molar-refractivity contribution in [1.29, 1.82) is 0 Å². The van der Waals surface area contributed by atoms with Gasteiger partial charge >= 0.3 is 6.18 Å². The smallest absolute Gasteiger partial charge is 0.352 e. The summed E-state index contributed by atoms with van der Waals surface area (Å²) in [5.41, 5.74) is 1.90. The summed E-state index contributed by atoms with van der Waals surface area (Å²) < 4.78 is 39.5. The third-order valence-corrected chi connectivity index (χ3v) is 3.78. The van der Waals surface area contributed by atoms with E-state index < -0.39 is 11.7 Å². The van der Waals surface area contributed by atoms with Gasteiger partial charge in [0.25, 0.3) is 5.91 Å². The molecule has 25 heavy (non-hydrogen) atoms. The molecule has 1 amide bonds. The molecule has 1 N–H and O–H groups in total. The van der Waals surface area contributed by atoms with E-state index in [2.05, 4.69) is 10.3 Å². The van der Waals surface area contributed by atoms with Crippen LogP contribution in [0.4, 0.5) is 13.2 Å². The monoisotopic (exact) mass is 347 g/mol. The molecule has 3 rings (SSSR count). The Morgan fingerprint density at radius 1 is 1.20 bits per heavy atom. The van der Waals surface area contributed by atoms with Crippen LogP contribution in [0.3, 0.4) is 0 Å². The Morgan fingerprint density at radius 3 is 2.72 bits per heavy atom. The van der Waals surface area contributed by atoms with Crippen LogP contribution in [-0.4, -0.2) is 21.8 Å². The number of amides is 1. The van der Waals surface area contributed by atoms with Gasteiger partial charge in [-0.2, -0.15) is 13.2 Å². The maximum atomic E-state index is 12.7. The number of fused-ring (bicyclic) bond motifs is 1. The average molecular weight is 347 g/mol. The van der Waals surface area contributed by atoms with Crippen molar-refractivity contribution in [3.05, 3.63) is 71.2 Å². The van der Waals surface area contributed by atoms with Crippen molar-refractivity contribution in [3.8, 4) is 0 Å². The van der Waals surface area contributed by atoms with E-state index in [1.807, 2.05) is 19.1 Å². The summed E-state index contributed by atoms with van der Waals surface area (Å²) in [7, 11) is 0. The molecule has 130 valence electrons. The number of nitrogens with zero attached hydrogens (tertiary/aromatic N) is 2. The normalized spacial score (nSPS) is 11.7. The number of carbonyl (C=O) groups is 1. The SMILES string of the molecule is Cc1cccc(C(=O)NCCc2cn3cc(C(F)(F)F)ccc3n2)c1. The Kier molecular flexibility index (Phi) is 4.48. The van der Waals surface area contributed by atoms with Crippen molar-refractivity contribution >= 4 is 11.6 Å². The van der Waals surface area contributed by atoms with Crippen molar-refractivity contribution in [1.82, 2.24) is 14.7 Å². The van der Waals surface area contributed by atoms with Gasteiger partial charge in [0.05, 0.1) is 11.3 Å². The number of carbonyl (C=O) groups excluding carboxylic acids is 1. The molecule has 0 saturated carbocycles. The quantitative estimate of drug-likeness (QED) is 0.783. The summed E-state index contributed by atoms with van der Waals surface area (Å²) >= 11 is 0. The third kappa shape index (κ3) is 3.99. The fourth-order valence-electron chi connectivity index (χ4n) is 2.52. The highest BCUT2D eigenvalue weighted by molar-refractivity contribution is 5.94. The first-order valence-electron chi connectivity index (χ1n) is 7.72. The summed E-state index contributed by atoms with van der Waals surface area (Å²) in [6.07, 6.45) is -1.40. The number of alkyl halides is 3. The number of rotatable bonds is 4. The van der Waals surface area contributed by atoms with E-state index in [1.165, 1.54) is 10.5 Å². The fraction of sp³-hybridized carbons (Fsp3) is 0.222. The van der Waals surface area contributed by atoms with Gasteiger partial charge < -0.3 is 9.72 Å². The lowest BCUT2D eigenvalue weighted by molar-refractivity contribution is -0.137. The lowest BCUT2D eigenvalue weighted by atomic mass is 10.1. The summed E-state index contributed by atoms with van der Waals surface area (Å²) in [4.78, 5) is 16.3. The minimum atomic E-state index is -4.39. The van der Waals surface area contributed by atoms with Crippen LogP contribution < -0.4 is 5.32 Å². The number of aryl methyl sites for hydroxylation is 1. The van der Waals surface area contributed by atoms with Crippen LogP contribution in [0.25, 0.3) is 5.65 Å². The van der Waals surface area contributed by atoms with E-state index in [9.17, 15) is 18.0 Å². The van der Waals surface area contributed by atoms with Crippen molar-refractivity contribution in [2.24, 2.45) is 0 Å². The standard InChI is InChI=1S/C18H16F3N3O/c1-12-3-2-4-13(9-12)17(25)22-8-7-15-11-24-10-14(18(19,20)21)5-6-16(24)23-15/h2-6,9-11H,7-8H2,1H3,(H,22,25). The molecule has 1 aromatic carbocycles. The van der Waals surface area contributed by atoms with E-state index in [1.54, 1.807) is 18.3 Å². The first-order chi connectivity index (χ1) is 11.8. The van der Waals surface area contributed by atoms with Crippen LogP contribution in [0, 0.1) is 6.92 Å². The van der Waals surface area contributed by atoms with Crippen LogP contribution in [0.5, 0.6) is 0 Å². The van der Waals surface area contributed by atoms with Crippen molar-refractivity contribution < 1.29 is 18.0 Å². The molecular weight excluding hydrogens is 331 g/mol. The predicted molar refractivity (Wildman–Crippen MR) is 87.4 cm³/mol. The zero-order chi connectivity index (χ0) is 18.0. The van der Waals surface area contributed by atoms with Crippen LogP contribution in [0.1, 0.15) is 27.2 Å². The lowest BCUT2D eigenvalue weighted by Crippen LogP contribution is -2.25. The lowest BCUT2D eigenvalue weighted by Gasteiger charge is -2.05. The number of nitrogens with one attached hydrogen (secondary N) is 1. The maximum absolute atomic E-state index is 12.7. The second-order valence-electron chi connectivity index (χ2n) is 5.79. The fourth-order valence-corrected chi connectivity index (χ4v) is 2.52. The zero-order valence-corrected chi connectivity index (χ0v) is 13.5. The van der Waals surface area contributed by atoms with Crippen LogP contribution in [0.2, 0.25) is 0 Å². The molecule has 0 spiro atoms. The minimum Gasteiger partial charge on any atom is -0.352 e. The molecule has 2 heterocycles. The molecule has 0 aliphatic heterocycles. The van der Waals surface area contributed by atoms with Crippen LogP contribution in [0.15, 0.2) is 48.8 Å². The number of imidazole rings is 1. The molecule has 3 aromatic rings. The van der Waals surface area contributed by atoms with Crippen molar-refractivity contribution in [2.75, 3.05) is 6.54 Å². The van der Waals surface area contributed by atoms with Gasteiger partial charge in [-0.1, -0.05) is 17.7 Å². The Labute approximate surface area is 142 Å². The minimum absolute atomic E-state index is 0.188. The summed E-state index contributed by atoms with van der Waals surface area (Å²) in [6.45, 7) is 2.26. The number of aromatic nitrogens is 2. The van der Waals surface area contributed by atoms with E-state index in [4.69, 9.17) is 0 Å². The first-order valence-corrected chi connectivity index (χ1v) is 7.72. The van der Waals surface area contributed by atoms with Crippen molar-refractivity contribution in [2.45, 2.75) is 19.5 Å². The molecule has 0 radical (unpaired) electrons. The van der Waals surface area contributed by atoms with Gasteiger partial charge in [-0.3, -0.25) is 4.79 Å². The molecule has 0 fully saturated rings. The van der Waals surface area contributed by atoms with E-state index >= 15 is 0 Å². The molecule has 4 nitrogen and oxygen atoms in total. The second-order valence-corrected chi connectivity index (χ2v) is 5.79. The summed E-state index contributed by atoms with van der Waals surface area (Å²) in [5.74, 6) is -0.188. The zero-order valence-electron chi connectivity index (χ0n) is 13.5. The summed E-state index contributed by atoms with van der Waals surface area (Å²) in [6, 6.07) is 9.57. The Bertz CT molecular complexity index is 915. The topological polar surface area (TPSA) is 46.4 Å². The van der Waals surface area contributed by atoms with Gasteiger partial charge in [-0.15, -0.1) is 0 Å². The maximum Gasteiger partial charge on any atom is 0.417 e. The second kappa shape index (κ2) is 6.58. The van der Waals surface area contributed by atoms with Crippen LogP contribution in [-0.2, 0) is 12.6 Å². The Hall–Kier alpha value is -2.83. The van der Waals surface area contributed by atoms with E-state index in [0.717, 1.165) is 17.8 Å². The Morgan fingerprint density at radius 2 is 2.00 bits per heavy atom. The molecule has 0 atom stereocenters. The molecule has 0 bridgehead atoms. The number of hydrogen-bond donors (Lipinski definition) is 1. The molecule has 7 heteroatoms.